The Kier molecular flexibility index (Phi) is 3.54. The van der Waals surface area contributed by atoms with Crippen molar-refractivity contribution < 1.29 is 14.4 Å². The molecule has 0 N–H and O–H groups in total. The molecule has 0 amide bonds. The molecule has 0 aromatic heterocycles. The molecule has 4 nitrogen and oxygen atoms in total. The lowest BCUT2D eigenvalue weighted by Crippen LogP contribution is -2.24. The summed E-state index contributed by atoms with van der Waals surface area (Å²) in [6, 6.07) is 7.69. The van der Waals surface area contributed by atoms with Crippen LogP contribution in [0.15, 0.2) is 24.3 Å². The van der Waals surface area contributed by atoms with Crippen molar-refractivity contribution in [3.05, 3.63) is 24.3 Å². The molecule has 0 spiro atoms. The van der Waals surface area contributed by atoms with Crippen molar-refractivity contribution >= 4 is 5.69 Å². The Morgan fingerprint density at radius 1 is 1.29 bits per heavy atom. The molecule has 2 rings (SSSR count). The van der Waals surface area contributed by atoms with Crippen LogP contribution in [-0.4, -0.2) is 18.8 Å². The minimum atomic E-state index is -0.266. The lowest BCUT2D eigenvalue weighted by Gasteiger charge is -2.18. The zero-order chi connectivity index (χ0) is 12.3. The molecule has 1 saturated heterocycles. The minimum Gasteiger partial charge on any atom is -0.494 e. The first-order chi connectivity index (χ1) is 8.11. The fourth-order valence-corrected chi connectivity index (χ4v) is 1.50. The van der Waals surface area contributed by atoms with E-state index in [1.54, 1.807) is 0 Å². The number of rotatable bonds is 4. The fraction of sp³-hybridized carbons (Fsp3) is 0.538. The maximum atomic E-state index is 5.63. The Bertz CT molecular complexity index is 361. The molecular weight excluding hydrogens is 218 g/mol. The van der Waals surface area contributed by atoms with Gasteiger partial charge < -0.3 is 4.74 Å². The number of nitrogens with zero attached hydrogens (tertiary/aromatic N) is 1. The van der Waals surface area contributed by atoms with Gasteiger partial charge in [0.05, 0.1) is 12.3 Å². The van der Waals surface area contributed by atoms with Gasteiger partial charge in [-0.3, -0.25) is 0 Å². The van der Waals surface area contributed by atoms with Gasteiger partial charge in [-0.15, -0.1) is 5.23 Å². The van der Waals surface area contributed by atoms with E-state index in [-0.39, 0.29) is 5.60 Å². The maximum absolute atomic E-state index is 5.63. The predicted molar refractivity (Wildman–Crippen MR) is 65.8 cm³/mol. The maximum Gasteiger partial charge on any atom is 0.119 e. The van der Waals surface area contributed by atoms with Gasteiger partial charge in [0, 0.05) is 0 Å². The fourth-order valence-electron chi connectivity index (χ4n) is 1.50. The molecule has 1 aromatic carbocycles. The first kappa shape index (κ1) is 12.2. The molecule has 1 aliphatic heterocycles. The second kappa shape index (κ2) is 4.94. The normalized spacial score (nSPS) is 18.4. The molecule has 4 heteroatoms. The molecule has 94 valence electrons. The third kappa shape index (κ3) is 3.11. The molecule has 0 unspecified atom stereocenters. The van der Waals surface area contributed by atoms with Crippen LogP contribution in [-0.2, 0) is 9.68 Å². The van der Waals surface area contributed by atoms with Crippen LogP contribution >= 0.6 is 0 Å². The van der Waals surface area contributed by atoms with Gasteiger partial charge >= 0.3 is 0 Å². The first-order valence-electron chi connectivity index (χ1n) is 5.96. The lowest BCUT2D eigenvalue weighted by molar-refractivity contribution is -0.0232. The van der Waals surface area contributed by atoms with Gasteiger partial charge in [-0.05, 0) is 44.5 Å². The summed E-state index contributed by atoms with van der Waals surface area (Å²) in [5, 5.41) is 1.46. The largest absolute Gasteiger partial charge is 0.494 e. The highest BCUT2D eigenvalue weighted by Gasteiger charge is 2.32. The number of hydrogen-bond acceptors (Lipinski definition) is 4. The Morgan fingerprint density at radius 3 is 2.53 bits per heavy atom. The summed E-state index contributed by atoms with van der Waals surface area (Å²) in [5.41, 5.74) is 0.608. The number of anilines is 1. The van der Waals surface area contributed by atoms with E-state index in [2.05, 4.69) is 6.92 Å². The van der Waals surface area contributed by atoms with Crippen LogP contribution in [0, 0.1) is 0 Å². The van der Waals surface area contributed by atoms with Crippen molar-refractivity contribution in [1.82, 2.24) is 0 Å². The van der Waals surface area contributed by atoms with Crippen molar-refractivity contribution in [1.29, 1.82) is 0 Å². The van der Waals surface area contributed by atoms with E-state index in [9.17, 15) is 0 Å². The topological polar surface area (TPSA) is 30.9 Å². The summed E-state index contributed by atoms with van der Waals surface area (Å²) >= 11 is 0. The van der Waals surface area contributed by atoms with Gasteiger partial charge in [0.1, 0.15) is 18.0 Å². The number of benzene rings is 1. The number of hydrogen-bond donors (Lipinski definition) is 0. The summed E-state index contributed by atoms with van der Waals surface area (Å²) in [6.45, 7) is 7.37. The van der Waals surface area contributed by atoms with E-state index in [1.807, 2.05) is 38.1 Å². The predicted octanol–water partition coefficient (Wildman–Crippen LogP) is 2.94. The van der Waals surface area contributed by atoms with Gasteiger partial charge in [0.15, 0.2) is 0 Å². The zero-order valence-corrected chi connectivity index (χ0v) is 10.6. The van der Waals surface area contributed by atoms with Crippen LogP contribution in [0.5, 0.6) is 5.75 Å². The minimum absolute atomic E-state index is 0.266. The zero-order valence-electron chi connectivity index (χ0n) is 10.6. The first-order valence-corrected chi connectivity index (χ1v) is 5.96. The summed E-state index contributed by atoms with van der Waals surface area (Å²) in [7, 11) is 0. The van der Waals surface area contributed by atoms with Gasteiger partial charge in [-0.25, -0.2) is 9.68 Å². The van der Waals surface area contributed by atoms with Crippen molar-refractivity contribution in [2.24, 2.45) is 0 Å². The molecule has 0 radical (unpaired) electrons. The van der Waals surface area contributed by atoms with E-state index in [4.69, 9.17) is 14.4 Å². The summed E-state index contributed by atoms with van der Waals surface area (Å²) < 4.78 is 5.51. The van der Waals surface area contributed by atoms with Gasteiger partial charge in [0.2, 0.25) is 0 Å². The van der Waals surface area contributed by atoms with Crippen molar-refractivity contribution in [3.63, 3.8) is 0 Å². The molecule has 1 fully saturated rings. The number of ether oxygens (including phenoxy) is 1. The second-order valence-corrected chi connectivity index (χ2v) is 4.72. The van der Waals surface area contributed by atoms with Crippen molar-refractivity contribution in [2.75, 3.05) is 18.4 Å². The van der Waals surface area contributed by atoms with E-state index < -0.39 is 0 Å². The lowest BCUT2D eigenvalue weighted by atomic mass is 10.2. The van der Waals surface area contributed by atoms with Crippen LogP contribution in [0.1, 0.15) is 27.2 Å². The summed E-state index contributed by atoms with van der Waals surface area (Å²) in [6.07, 6.45) is 1.01. The average Bonchev–Trinajstić information content (AvgIpc) is 2.68. The van der Waals surface area contributed by atoms with Crippen LogP contribution < -0.4 is 9.96 Å². The van der Waals surface area contributed by atoms with E-state index in [0.717, 1.165) is 24.5 Å². The SMILES string of the molecule is CCCOc1ccc(N2OCC(C)(C)O2)cc1. The van der Waals surface area contributed by atoms with Gasteiger partial charge in [0.25, 0.3) is 0 Å². The Morgan fingerprint density at radius 2 is 2.00 bits per heavy atom. The standard InChI is InChI=1S/C13H19NO3/c1-4-9-15-12-7-5-11(6-8-12)14-16-10-13(2,3)17-14/h5-8H,4,9-10H2,1-3H3. The van der Waals surface area contributed by atoms with Crippen molar-refractivity contribution in [2.45, 2.75) is 32.8 Å². The molecule has 1 heterocycles. The second-order valence-electron chi connectivity index (χ2n) is 4.72. The molecule has 0 atom stereocenters. The Hall–Kier alpha value is -1.26. The quantitative estimate of drug-likeness (QED) is 0.805. The Balaban J connectivity index is 1.98. The highest BCUT2D eigenvalue weighted by molar-refractivity contribution is 5.45. The van der Waals surface area contributed by atoms with Crippen LogP contribution in [0.4, 0.5) is 5.69 Å². The van der Waals surface area contributed by atoms with Gasteiger partial charge in [-0.2, -0.15) is 0 Å². The molecule has 0 saturated carbocycles. The molecule has 17 heavy (non-hydrogen) atoms. The van der Waals surface area contributed by atoms with Crippen molar-refractivity contribution in [3.8, 4) is 5.75 Å². The Labute approximate surface area is 102 Å². The molecular formula is C13H19NO3. The van der Waals surface area contributed by atoms with Crippen LogP contribution in [0.25, 0.3) is 0 Å². The van der Waals surface area contributed by atoms with E-state index in [0.29, 0.717) is 6.61 Å². The molecule has 0 bridgehead atoms. The highest BCUT2D eigenvalue weighted by Crippen LogP contribution is 2.28. The molecule has 1 aromatic rings. The van der Waals surface area contributed by atoms with Gasteiger partial charge in [-0.1, -0.05) is 6.92 Å². The molecule has 1 aliphatic rings. The summed E-state index contributed by atoms with van der Waals surface area (Å²) in [5.74, 6) is 0.869. The summed E-state index contributed by atoms with van der Waals surface area (Å²) in [4.78, 5) is 11.1. The van der Waals surface area contributed by atoms with E-state index >= 15 is 0 Å². The third-order valence-corrected chi connectivity index (χ3v) is 2.38. The highest BCUT2D eigenvalue weighted by atomic mass is 17.0. The smallest absolute Gasteiger partial charge is 0.119 e. The molecule has 0 aliphatic carbocycles. The van der Waals surface area contributed by atoms with Crippen LogP contribution in [0.2, 0.25) is 0 Å². The monoisotopic (exact) mass is 237 g/mol. The van der Waals surface area contributed by atoms with Crippen LogP contribution in [0.3, 0.4) is 0 Å². The van der Waals surface area contributed by atoms with E-state index in [1.165, 1.54) is 5.23 Å². The average molecular weight is 237 g/mol. The third-order valence-electron chi connectivity index (χ3n) is 2.38.